The van der Waals surface area contributed by atoms with Crippen molar-refractivity contribution >= 4 is 11.3 Å². The fourth-order valence-corrected chi connectivity index (χ4v) is 2.45. The zero-order chi connectivity index (χ0) is 13.9. The van der Waals surface area contributed by atoms with E-state index in [-0.39, 0.29) is 0 Å². The summed E-state index contributed by atoms with van der Waals surface area (Å²) in [6.45, 7) is 0. The minimum absolute atomic E-state index is 0.470. The lowest BCUT2D eigenvalue weighted by Crippen LogP contribution is -2.26. The van der Waals surface area contributed by atoms with Gasteiger partial charge in [0.25, 0.3) is 0 Å². The molecule has 0 amide bonds. The number of hydrogen-bond acceptors (Lipinski definition) is 3. The van der Waals surface area contributed by atoms with Crippen molar-refractivity contribution in [3.05, 3.63) is 65.7 Å². The summed E-state index contributed by atoms with van der Waals surface area (Å²) in [5.41, 5.74) is 2.89. The average Bonchev–Trinajstić information content (AvgIpc) is 2.53. The second-order valence-corrected chi connectivity index (χ2v) is 4.49. The average molecular weight is 268 g/mol. The largest absolute Gasteiger partial charge is 0.495 e. The third-order valence-corrected chi connectivity index (χ3v) is 3.35. The molecule has 0 saturated heterocycles. The van der Waals surface area contributed by atoms with Gasteiger partial charge >= 0.3 is 0 Å². The molecule has 20 heavy (non-hydrogen) atoms. The summed E-state index contributed by atoms with van der Waals surface area (Å²) in [6.07, 6.45) is -0.470. The molecule has 1 aliphatic rings. The van der Waals surface area contributed by atoms with Crippen molar-refractivity contribution in [1.29, 1.82) is 0 Å². The van der Waals surface area contributed by atoms with Crippen molar-refractivity contribution in [2.45, 2.75) is 6.29 Å². The van der Waals surface area contributed by atoms with Crippen molar-refractivity contribution in [2.24, 2.45) is 0 Å². The van der Waals surface area contributed by atoms with E-state index in [1.165, 1.54) is 0 Å². The monoisotopic (exact) mass is 268 g/mol. The molecule has 3 rings (SSSR count). The van der Waals surface area contributed by atoms with Gasteiger partial charge in [-0.25, -0.2) is 0 Å². The quantitative estimate of drug-likeness (QED) is 0.851. The highest BCUT2D eigenvalue weighted by atomic mass is 16.7. The Kier molecular flexibility index (Phi) is 3.44. The summed E-state index contributed by atoms with van der Waals surface area (Å²) < 4.78 is 17.0. The van der Waals surface area contributed by atoms with Crippen LogP contribution in [-0.4, -0.2) is 20.5 Å². The number of hydrogen-bond donors (Lipinski definition) is 0. The Morgan fingerprint density at radius 2 is 1.60 bits per heavy atom. The lowest BCUT2D eigenvalue weighted by molar-refractivity contribution is -0.0110. The van der Waals surface area contributed by atoms with Crippen molar-refractivity contribution < 1.29 is 14.2 Å². The number of ether oxygens (including phenoxy) is 3. The lowest BCUT2D eigenvalue weighted by Gasteiger charge is -2.29. The Balaban J connectivity index is 2.23. The summed E-state index contributed by atoms with van der Waals surface area (Å²) >= 11 is 0. The van der Waals surface area contributed by atoms with Crippen molar-refractivity contribution in [3.63, 3.8) is 0 Å². The molecular formula is C17H16O3. The fourth-order valence-electron chi connectivity index (χ4n) is 2.45. The standard InChI is InChI=1S/C17H16O3/c1-18-16-13-10-6-7-11-14(13)20-17(19-2)15(16)12-8-4-3-5-9-12/h3-11,17H,1-2H3. The van der Waals surface area contributed by atoms with Gasteiger partial charge in [0, 0.05) is 7.11 Å². The first-order valence-corrected chi connectivity index (χ1v) is 6.47. The second-order valence-electron chi connectivity index (χ2n) is 4.49. The summed E-state index contributed by atoms with van der Waals surface area (Å²) in [4.78, 5) is 0. The van der Waals surface area contributed by atoms with Crippen LogP contribution >= 0.6 is 0 Å². The summed E-state index contributed by atoms with van der Waals surface area (Å²) in [5.74, 6) is 1.57. The molecule has 3 nitrogen and oxygen atoms in total. The van der Waals surface area contributed by atoms with Gasteiger partial charge in [0.05, 0.1) is 18.2 Å². The maximum absolute atomic E-state index is 5.92. The van der Waals surface area contributed by atoms with E-state index in [0.29, 0.717) is 0 Å². The Morgan fingerprint density at radius 3 is 2.30 bits per heavy atom. The molecule has 0 aromatic heterocycles. The predicted octanol–water partition coefficient (Wildman–Crippen LogP) is 3.57. The molecule has 0 radical (unpaired) electrons. The third-order valence-electron chi connectivity index (χ3n) is 3.35. The van der Waals surface area contributed by atoms with Crippen molar-refractivity contribution in [1.82, 2.24) is 0 Å². The van der Waals surface area contributed by atoms with E-state index in [1.54, 1.807) is 14.2 Å². The Labute approximate surface area is 118 Å². The number of fused-ring (bicyclic) bond motifs is 1. The molecule has 1 heterocycles. The van der Waals surface area contributed by atoms with E-state index < -0.39 is 6.29 Å². The van der Waals surface area contributed by atoms with Crippen LogP contribution in [0.5, 0.6) is 5.75 Å². The first-order valence-electron chi connectivity index (χ1n) is 6.47. The molecule has 3 heteroatoms. The molecule has 0 spiro atoms. The van der Waals surface area contributed by atoms with E-state index in [2.05, 4.69) is 0 Å². The molecule has 2 aromatic carbocycles. The SMILES string of the molecule is COC1=C(c2ccccc2)C(OC)Oc2ccccc21. The zero-order valence-electron chi connectivity index (χ0n) is 11.5. The molecule has 2 aromatic rings. The van der Waals surface area contributed by atoms with Crippen LogP contribution < -0.4 is 4.74 Å². The van der Waals surface area contributed by atoms with Gasteiger partial charge in [-0.15, -0.1) is 0 Å². The highest BCUT2D eigenvalue weighted by molar-refractivity contribution is 5.92. The number of para-hydroxylation sites is 1. The summed E-state index contributed by atoms with van der Waals surface area (Å²) in [7, 11) is 3.31. The van der Waals surface area contributed by atoms with Gasteiger partial charge in [-0.1, -0.05) is 42.5 Å². The Hall–Kier alpha value is -2.26. The van der Waals surface area contributed by atoms with Crippen LogP contribution in [0, 0.1) is 0 Å². The highest BCUT2D eigenvalue weighted by Gasteiger charge is 2.30. The summed E-state index contributed by atoms with van der Waals surface area (Å²) in [6, 6.07) is 17.8. The van der Waals surface area contributed by atoms with Gasteiger partial charge in [-0.2, -0.15) is 0 Å². The van der Waals surface area contributed by atoms with Gasteiger partial charge in [-0.05, 0) is 17.7 Å². The van der Waals surface area contributed by atoms with Crippen LogP contribution in [0.25, 0.3) is 11.3 Å². The molecule has 1 unspecified atom stereocenters. The molecule has 0 saturated carbocycles. The van der Waals surface area contributed by atoms with Crippen LogP contribution in [0.2, 0.25) is 0 Å². The van der Waals surface area contributed by atoms with E-state index in [9.17, 15) is 0 Å². The number of benzene rings is 2. The van der Waals surface area contributed by atoms with Crippen LogP contribution in [0.1, 0.15) is 11.1 Å². The van der Waals surface area contributed by atoms with Crippen molar-refractivity contribution in [2.75, 3.05) is 14.2 Å². The molecule has 0 aliphatic carbocycles. The van der Waals surface area contributed by atoms with Gasteiger partial charge in [0.2, 0.25) is 6.29 Å². The molecule has 0 N–H and O–H groups in total. The second kappa shape index (κ2) is 5.39. The number of methoxy groups -OCH3 is 2. The third kappa shape index (κ3) is 2.06. The van der Waals surface area contributed by atoms with E-state index >= 15 is 0 Å². The lowest BCUT2D eigenvalue weighted by atomic mass is 9.97. The van der Waals surface area contributed by atoms with Crippen LogP contribution in [-0.2, 0) is 9.47 Å². The first kappa shape index (κ1) is 12.8. The Morgan fingerprint density at radius 1 is 0.900 bits per heavy atom. The predicted molar refractivity (Wildman–Crippen MR) is 78.1 cm³/mol. The normalized spacial score (nSPS) is 17.4. The van der Waals surface area contributed by atoms with Gasteiger partial charge < -0.3 is 14.2 Å². The minimum atomic E-state index is -0.470. The highest BCUT2D eigenvalue weighted by Crippen LogP contribution is 2.40. The van der Waals surface area contributed by atoms with E-state index in [0.717, 1.165) is 28.2 Å². The van der Waals surface area contributed by atoms with Crippen LogP contribution in [0.4, 0.5) is 0 Å². The topological polar surface area (TPSA) is 27.7 Å². The minimum Gasteiger partial charge on any atom is -0.495 e. The molecule has 1 atom stereocenters. The van der Waals surface area contributed by atoms with Gasteiger partial charge in [-0.3, -0.25) is 0 Å². The van der Waals surface area contributed by atoms with Gasteiger partial charge in [0.1, 0.15) is 11.5 Å². The molecule has 0 fully saturated rings. The van der Waals surface area contributed by atoms with Crippen molar-refractivity contribution in [3.8, 4) is 5.75 Å². The van der Waals surface area contributed by atoms with Crippen LogP contribution in [0.3, 0.4) is 0 Å². The molecular weight excluding hydrogens is 252 g/mol. The van der Waals surface area contributed by atoms with Gasteiger partial charge in [0.15, 0.2) is 0 Å². The zero-order valence-corrected chi connectivity index (χ0v) is 11.5. The maximum atomic E-state index is 5.92. The van der Waals surface area contributed by atoms with E-state index in [4.69, 9.17) is 14.2 Å². The van der Waals surface area contributed by atoms with Crippen LogP contribution in [0.15, 0.2) is 54.6 Å². The fraction of sp³-hybridized carbons (Fsp3) is 0.176. The van der Waals surface area contributed by atoms with E-state index in [1.807, 2.05) is 54.6 Å². The molecule has 1 aliphatic heterocycles. The summed E-state index contributed by atoms with van der Waals surface area (Å²) in [5, 5.41) is 0. The molecule has 0 bridgehead atoms. The maximum Gasteiger partial charge on any atom is 0.230 e. The first-order chi connectivity index (χ1) is 9.85. The smallest absolute Gasteiger partial charge is 0.230 e. The number of rotatable bonds is 3. The Bertz CT molecular complexity index is 632. The molecule has 102 valence electrons.